The van der Waals surface area contributed by atoms with Gasteiger partial charge in [0.05, 0.1) is 17.5 Å². The zero-order valence-corrected chi connectivity index (χ0v) is 10.8. The van der Waals surface area contributed by atoms with E-state index in [1.54, 1.807) is 0 Å². The van der Waals surface area contributed by atoms with Crippen molar-refractivity contribution in [1.29, 1.82) is 0 Å². The lowest BCUT2D eigenvalue weighted by molar-refractivity contribution is -0.0521. The number of rotatable bonds is 5. The number of nitrogens with one attached hydrogen (secondary N) is 1. The van der Waals surface area contributed by atoms with Gasteiger partial charge in [0.25, 0.3) is 0 Å². The lowest BCUT2D eigenvalue weighted by atomic mass is 10.1. The molecule has 4 nitrogen and oxygen atoms in total. The molecule has 0 aliphatic heterocycles. The van der Waals surface area contributed by atoms with Crippen LogP contribution in [0.4, 0.5) is 24.5 Å². The van der Waals surface area contributed by atoms with Gasteiger partial charge in [0.2, 0.25) is 0 Å². The summed E-state index contributed by atoms with van der Waals surface area (Å²) in [6.45, 7) is -2.55. The van der Waals surface area contributed by atoms with Crippen molar-refractivity contribution in [2.24, 2.45) is 5.92 Å². The largest absolute Gasteiger partial charge is 0.432 e. The Labute approximate surface area is 114 Å². The molecule has 1 aromatic carbocycles. The number of aliphatic hydroxyl groups is 1. The molecule has 0 amide bonds. The molecular weight excluding hydrogens is 273 g/mol. The van der Waals surface area contributed by atoms with Crippen LogP contribution in [0.25, 0.3) is 0 Å². The monoisotopic (exact) mass is 290 g/mol. The molecule has 0 saturated heterocycles. The zero-order chi connectivity index (χ0) is 14.7. The first kappa shape index (κ1) is 14.8. The Hall–Kier alpha value is -1.63. The van der Waals surface area contributed by atoms with Crippen LogP contribution < -0.4 is 15.8 Å². The van der Waals surface area contributed by atoms with Crippen LogP contribution >= 0.6 is 0 Å². The SMILES string of the molecule is Nc1cc(F)c(OC(F)F)cc1NCC1CCC(O)C1. The minimum Gasteiger partial charge on any atom is -0.432 e. The van der Waals surface area contributed by atoms with E-state index in [0.29, 0.717) is 18.7 Å². The number of benzene rings is 1. The average Bonchev–Trinajstić information content (AvgIpc) is 2.76. The maximum absolute atomic E-state index is 13.4. The van der Waals surface area contributed by atoms with Crippen molar-refractivity contribution in [2.75, 3.05) is 17.6 Å². The zero-order valence-electron chi connectivity index (χ0n) is 10.8. The van der Waals surface area contributed by atoms with Crippen LogP contribution in [0.3, 0.4) is 0 Å². The molecular formula is C13H17F3N2O2. The molecule has 1 aliphatic carbocycles. The van der Waals surface area contributed by atoms with E-state index in [1.807, 2.05) is 0 Å². The van der Waals surface area contributed by atoms with Crippen LogP contribution in [0, 0.1) is 11.7 Å². The number of anilines is 2. The fourth-order valence-corrected chi connectivity index (χ4v) is 2.40. The highest BCUT2D eigenvalue weighted by Crippen LogP contribution is 2.31. The number of nitrogen functional groups attached to an aromatic ring is 1. The quantitative estimate of drug-likeness (QED) is 0.729. The van der Waals surface area contributed by atoms with Crippen LogP contribution in [0.2, 0.25) is 0 Å². The Morgan fingerprint density at radius 1 is 1.40 bits per heavy atom. The maximum atomic E-state index is 13.4. The second-order valence-electron chi connectivity index (χ2n) is 4.96. The van der Waals surface area contributed by atoms with E-state index in [2.05, 4.69) is 10.1 Å². The van der Waals surface area contributed by atoms with Gasteiger partial charge in [-0.1, -0.05) is 0 Å². The van der Waals surface area contributed by atoms with E-state index in [-0.39, 0.29) is 17.7 Å². The Morgan fingerprint density at radius 2 is 2.15 bits per heavy atom. The summed E-state index contributed by atoms with van der Waals surface area (Å²) in [7, 11) is 0. The summed E-state index contributed by atoms with van der Waals surface area (Å²) < 4.78 is 41.7. The Balaban J connectivity index is 2.03. The fourth-order valence-electron chi connectivity index (χ4n) is 2.40. The fraction of sp³-hybridized carbons (Fsp3) is 0.538. The van der Waals surface area contributed by atoms with Crippen LogP contribution in [0.15, 0.2) is 12.1 Å². The molecule has 0 spiro atoms. The first-order valence-electron chi connectivity index (χ1n) is 6.41. The molecule has 1 saturated carbocycles. The molecule has 1 aromatic rings. The van der Waals surface area contributed by atoms with E-state index < -0.39 is 18.2 Å². The van der Waals surface area contributed by atoms with Crippen LogP contribution in [0.5, 0.6) is 5.75 Å². The van der Waals surface area contributed by atoms with Crippen molar-refractivity contribution in [3.8, 4) is 5.75 Å². The van der Waals surface area contributed by atoms with Crippen molar-refractivity contribution < 1.29 is 23.0 Å². The molecule has 7 heteroatoms. The molecule has 2 atom stereocenters. The molecule has 0 aromatic heterocycles. The van der Waals surface area contributed by atoms with Crippen molar-refractivity contribution in [1.82, 2.24) is 0 Å². The molecule has 1 fully saturated rings. The third-order valence-electron chi connectivity index (χ3n) is 3.41. The number of alkyl halides is 2. The summed E-state index contributed by atoms with van der Waals surface area (Å²) in [4.78, 5) is 0. The molecule has 112 valence electrons. The predicted octanol–water partition coefficient (Wildman–Crippen LogP) is 2.58. The summed E-state index contributed by atoms with van der Waals surface area (Å²) in [6.07, 6.45) is 2.04. The van der Waals surface area contributed by atoms with Gasteiger partial charge in [-0.05, 0) is 25.2 Å². The highest BCUT2D eigenvalue weighted by atomic mass is 19.3. The van der Waals surface area contributed by atoms with E-state index in [9.17, 15) is 18.3 Å². The predicted molar refractivity (Wildman–Crippen MR) is 69.3 cm³/mol. The van der Waals surface area contributed by atoms with Crippen LogP contribution in [-0.4, -0.2) is 24.4 Å². The van der Waals surface area contributed by atoms with Crippen molar-refractivity contribution in [2.45, 2.75) is 32.0 Å². The number of hydrogen-bond acceptors (Lipinski definition) is 4. The molecule has 2 rings (SSSR count). The van der Waals surface area contributed by atoms with Gasteiger partial charge >= 0.3 is 6.61 Å². The molecule has 0 radical (unpaired) electrons. The van der Waals surface area contributed by atoms with Crippen LogP contribution in [0.1, 0.15) is 19.3 Å². The Bertz CT molecular complexity index is 471. The van der Waals surface area contributed by atoms with E-state index in [0.717, 1.165) is 25.0 Å². The number of nitrogens with two attached hydrogens (primary N) is 1. The number of halogens is 3. The summed E-state index contributed by atoms with van der Waals surface area (Å²) in [5.41, 5.74) is 6.12. The summed E-state index contributed by atoms with van der Waals surface area (Å²) in [5.74, 6) is -1.18. The van der Waals surface area contributed by atoms with Crippen molar-refractivity contribution in [3.05, 3.63) is 17.9 Å². The smallest absolute Gasteiger partial charge is 0.387 e. The highest BCUT2D eigenvalue weighted by molar-refractivity contribution is 5.68. The Kier molecular flexibility index (Phi) is 4.59. The van der Waals surface area contributed by atoms with Gasteiger partial charge in [0, 0.05) is 18.7 Å². The second-order valence-corrected chi connectivity index (χ2v) is 4.96. The van der Waals surface area contributed by atoms with Gasteiger partial charge in [-0.2, -0.15) is 8.78 Å². The molecule has 0 bridgehead atoms. The van der Waals surface area contributed by atoms with Gasteiger partial charge < -0.3 is 20.9 Å². The lowest BCUT2D eigenvalue weighted by Gasteiger charge is -2.15. The van der Waals surface area contributed by atoms with E-state index in [1.165, 1.54) is 0 Å². The minimum absolute atomic E-state index is 0.127. The molecule has 1 aliphatic rings. The van der Waals surface area contributed by atoms with Crippen molar-refractivity contribution in [3.63, 3.8) is 0 Å². The summed E-state index contributed by atoms with van der Waals surface area (Å²) in [5, 5.41) is 12.4. The van der Waals surface area contributed by atoms with Gasteiger partial charge in [-0.3, -0.25) is 0 Å². The first-order valence-corrected chi connectivity index (χ1v) is 6.41. The topological polar surface area (TPSA) is 67.5 Å². The average molecular weight is 290 g/mol. The second kappa shape index (κ2) is 6.21. The number of ether oxygens (including phenoxy) is 1. The standard InChI is InChI=1S/C13H17F3N2O2/c14-9-4-10(17)11(5-12(9)20-13(15)16)18-6-7-1-2-8(19)3-7/h4-5,7-8,13,18-19H,1-3,6,17H2. The van der Waals surface area contributed by atoms with E-state index >= 15 is 0 Å². The minimum atomic E-state index is -3.09. The van der Waals surface area contributed by atoms with Gasteiger partial charge in [0.15, 0.2) is 11.6 Å². The summed E-state index contributed by atoms with van der Waals surface area (Å²) in [6, 6.07) is 2.08. The third-order valence-corrected chi connectivity index (χ3v) is 3.41. The maximum Gasteiger partial charge on any atom is 0.387 e. The molecule has 2 unspecified atom stereocenters. The third kappa shape index (κ3) is 3.69. The lowest BCUT2D eigenvalue weighted by Crippen LogP contribution is -2.14. The Morgan fingerprint density at radius 3 is 2.75 bits per heavy atom. The van der Waals surface area contributed by atoms with Gasteiger partial charge in [0.1, 0.15) is 0 Å². The number of hydrogen-bond donors (Lipinski definition) is 3. The molecule has 4 N–H and O–H groups in total. The number of aliphatic hydroxyl groups excluding tert-OH is 1. The molecule has 20 heavy (non-hydrogen) atoms. The van der Waals surface area contributed by atoms with Crippen molar-refractivity contribution >= 4 is 11.4 Å². The van der Waals surface area contributed by atoms with Crippen LogP contribution in [-0.2, 0) is 0 Å². The molecule has 0 heterocycles. The normalized spacial score (nSPS) is 22.2. The van der Waals surface area contributed by atoms with Gasteiger partial charge in [-0.15, -0.1) is 0 Å². The van der Waals surface area contributed by atoms with E-state index in [4.69, 9.17) is 5.73 Å². The summed E-state index contributed by atoms with van der Waals surface area (Å²) >= 11 is 0. The first-order chi connectivity index (χ1) is 9.45. The van der Waals surface area contributed by atoms with Gasteiger partial charge in [-0.25, -0.2) is 4.39 Å². The highest BCUT2D eigenvalue weighted by Gasteiger charge is 2.22.